The molecule has 2 rings (SSSR count). The summed E-state index contributed by atoms with van der Waals surface area (Å²) in [6.07, 6.45) is 7.28. The van der Waals surface area contributed by atoms with Gasteiger partial charge in [-0.25, -0.2) is 0 Å². The van der Waals surface area contributed by atoms with Crippen LogP contribution in [0.25, 0.3) is 0 Å². The largest absolute Gasteiger partial charge is 0.322 e. The molecule has 0 fully saturated rings. The number of hydrogen-bond donors (Lipinski definition) is 1. The van der Waals surface area contributed by atoms with Crippen LogP contribution in [0.15, 0.2) is 47.4 Å². The Labute approximate surface area is 127 Å². The van der Waals surface area contributed by atoms with E-state index < -0.39 is 0 Å². The van der Waals surface area contributed by atoms with E-state index in [1.807, 2.05) is 12.3 Å². The topological polar surface area (TPSA) is 29.1 Å². The second kappa shape index (κ2) is 6.51. The third kappa shape index (κ3) is 3.36. The number of anilines is 1. The first-order valence-corrected chi connectivity index (χ1v) is 7.46. The number of nitrogens with one attached hydrogen (secondary N) is 1. The molecule has 0 atom stereocenters. The van der Waals surface area contributed by atoms with Crippen molar-refractivity contribution in [2.75, 3.05) is 11.6 Å². The molecular weight excluding hydrogens is 290 g/mol. The van der Waals surface area contributed by atoms with Gasteiger partial charge in [0.2, 0.25) is 0 Å². The SMILES string of the molecule is C#Cc1cccc(NC(=O)c2cc(SC)ccc2Cl)c1. The Bertz CT molecular complexity index is 691. The molecule has 2 aromatic rings. The lowest BCUT2D eigenvalue weighted by Crippen LogP contribution is -2.12. The number of hydrogen-bond acceptors (Lipinski definition) is 2. The smallest absolute Gasteiger partial charge is 0.257 e. The summed E-state index contributed by atoms with van der Waals surface area (Å²) in [5.41, 5.74) is 1.81. The van der Waals surface area contributed by atoms with Gasteiger partial charge in [0.05, 0.1) is 10.6 Å². The summed E-state index contributed by atoms with van der Waals surface area (Å²) in [4.78, 5) is 13.2. The van der Waals surface area contributed by atoms with Gasteiger partial charge in [0.15, 0.2) is 0 Å². The normalized spacial score (nSPS) is 9.85. The van der Waals surface area contributed by atoms with Crippen LogP contribution >= 0.6 is 23.4 Å². The summed E-state index contributed by atoms with van der Waals surface area (Å²) in [6, 6.07) is 12.5. The van der Waals surface area contributed by atoms with Gasteiger partial charge in [0.1, 0.15) is 0 Å². The van der Waals surface area contributed by atoms with E-state index in [2.05, 4.69) is 11.2 Å². The molecule has 0 spiro atoms. The van der Waals surface area contributed by atoms with E-state index in [-0.39, 0.29) is 5.91 Å². The molecule has 0 aliphatic rings. The minimum atomic E-state index is -0.250. The average molecular weight is 302 g/mol. The zero-order valence-electron chi connectivity index (χ0n) is 10.8. The Kier molecular flexibility index (Phi) is 4.73. The molecule has 4 heteroatoms. The lowest BCUT2D eigenvalue weighted by molar-refractivity contribution is 0.102. The fraction of sp³-hybridized carbons (Fsp3) is 0.0625. The van der Waals surface area contributed by atoms with Gasteiger partial charge in [0, 0.05) is 16.1 Å². The molecule has 1 N–H and O–H groups in total. The summed E-state index contributed by atoms with van der Waals surface area (Å²) in [5, 5.41) is 3.22. The Morgan fingerprint density at radius 3 is 2.80 bits per heavy atom. The van der Waals surface area contributed by atoms with Crippen molar-refractivity contribution < 1.29 is 4.79 Å². The van der Waals surface area contributed by atoms with E-state index in [0.29, 0.717) is 21.8 Å². The average Bonchev–Trinajstić information content (AvgIpc) is 2.47. The van der Waals surface area contributed by atoms with Gasteiger partial charge in [-0.1, -0.05) is 23.6 Å². The predicted molar refractivity (Wildman–Crippen MR) is 85.6 cm³/mol. The highest BCUT2D eigenvalue weighted by molar-refractivity contribution is 7.98. The van der Waals surface area contributed by atoms with Crippen LogP contribution in [-0.4, -0.2) is 12.2 Å². The van der Waals surface area contributed by atoms with Crippen LogP contribution in [-0.2, 0) is 0 Å². The van der Waals surface area contributed by atoms with Gasteiger partial charge in [-0.05, 0) is 42.7 Å². The van der Waals surface area contributed by atoms with Crippen molar-refractivity contribution in [2.45, 2.75) is 4.90 Å². The van der Waals surface area contributed by atoms with Gasteiger partial charge >= 0.3 is 0 Å². The maximum atomic E-state index is 12.2. The summed E-state index contributed by atoms with van der Waals surface area (Å²) in [7, 11) is 0. The first-order chi connectivity index (χ1) is 9.63. The highest BCUT2D eigenvalue weighted by Gasteiger charge is 2.11. The molecule has 0 aliphatic heterocycles. The third-order valence-corrected chi connectivity index (χ3v) is 3.76. The van der Waals surface area contributed by atoms with E-state index in [1.54, 1.807) is 48.2 Å². The van der Waals surface area contributed by atoms with Crippen LogP contribution in [0.3, 0.4) is 0 Å². The fourth-order valence-corrected chi connectivity index (χ4v) is 2.33. The lowest BCUT2D eigenvalue weighted by atomic mass is 10.2. The van der Waals surface area contributed by atoms with E-state index in [4.69, 9.17) is 18.0 Å². The number of carbonyl (C=O) groups excluding carboxylic acids is 1. The second-order valence-corrected chi connectivity index (χ2v) is 5.31. The molecule has 1 amide bonds. The molecule has 2 nitrogen and oxygen atoms in total. The van der Waals surface area contributed by atoms with Crippen LogP contribution in [0.1, 0.15) is 15.9 Å². The number of amides is 1. The molecular formula is C16H12ClNOS. The first kappa shape index (κ1) is 14.5. The predicted octanol–water partition coefficient (Wildman–Crippen LogP) is 4.30. The summed E-state index contributed by atoms with van der Waals surface area (Å²) in [6.45, 7) is 0. The van der Waals surface area contributed by atoms with Gasteiger partial charge in [-0.15, -0.1) is 18.2 Å². The van der Waals surface area contributed by atoms with Crippen LogP contribution in [0, 0.1) is 12.3 Å². The summed E-state index contributed by atoms with van der Waals surface area (Å²) >= 11 is 7.63. The number of carbonyl (C=O) groups is 1. The van der Waals surface area contributed by atoms with Crippen LogP contribution in [0.2, 0.25) is 5.02 Å². The highest BCUT2D eigenvalue weighted by atomic mass is 35.5. The zero-order valence-corrected chi connectivity index (χ0v) is 12.4. The standard InChI is InChI=1S/C16H12ClNOS/c1-3-11-5-4-6-12(9-11)18-16(19)14-10-13(20-2)7-8-15(14)17/h1,4-10H,2H3,(H,18,19). The van der Waals surface area contributed by atoms with Gasteiger partial charge in [-0.3, -0.25) is 4.79 Å². The Morgan fingerprint density at radius 1 is 1.30 bits per heavy atom. The Balaban J connectivity index is 2.26. The molecule has 0 saturated heterocycles. The lowest BCUT2D eigenvalue weighted by Gasteiger charge is -2.08. The number of benzene rings is 2. The van der Waals surface area contributed by atoms with E-state index in [1.165, 1.54) is 0 Å². The van der Waals surface area contributed by atoms with Crippen molar-refractivity contribution >= 4 is 35.0 Å². The third-order valence-electron chi connectivity index (χ3n) is 2.71. The minimum absolute atomic E-state index is 0.250. The van der Waals surface area contributed by atoms with E-state index in [0.717, 1.165) is 4.90 Å². The highest BCUT2D eigenvalue weighted by Crippen LogP contribution is 2.24. The van der Waals surface area contributed by atoms with Gasteiger partial charge in [-0.2, -0.15) is 0 Å². The monoisotopic (exact) mass is 301 g/mol. The van der Waals surface area contributed by atoms with Crippen molar-refractivity contribution in [1.29, 1.82) is 0 Å². The Hall–Kier alpha value is -1.89. The first-order valence-electron chi connectivity index (χ1n) is 5.85. The molecule has 0 bridgehead atoms. The van der Waals surface area contributed by atoms with Crippen molar-refractivity contribution in [3.8, 4) is 12.3 Å². The second-order valence-electron chi connectivity index (χ2n) is 4.03. The van der Waals surface area contributed by atoms with Crippen LogP contribution in [0.4, 0.5) is 5.69 Å². The van der Waals surface area contributed by atoms with Crippen LogP contribution in [0.5, 0.6) is 0 Å². The Morgan fingerprint density at radius 2 is 2.10 bits per heavy atom. The van der Waals surface area contributed by atoms with Crippen molar-refractivity contribution in [3.63, 3.8) is 0 Å². The molecule has 100 valence electrons. The molecule has 0 aliphatic carbocycles. The van der Waals surface area contributed by atoms with Crippen molar-refractivity contribution in [3.05, 3.63) is 58.6 Å². The quantitative estimate of drug-likeness (QED) is 0.676. The number of halogens is 1. The molecule has 20 heavy (non-hydrogen) atoms. The zero-order chi connectivity index (χ0) is 14.5. The molecule has 0 aromatic heterocycles. The number of terminal acetylenes is 1. The maximum Gasteiger partial charge on any atom is 0.257 e. The maximum absolute atomic E-state index is 12.2. The van der Waals surface area contributed by atoms with Gasteiger partial charge < -0.3 is 5.32 Å². The molecule has 0 saturated carbocycles. The van der Waals surface area contributed by atoms with Crippen molar-refractivity contribution in [2.24, 2.45) is 0 Å². The molecule has 0 unspecified atom stereocenters. The summed E-state index contributed by atoms with van der Waals surface area (Å²) in [5.74, 6) is 2.28. The number of thioether (sulfide) groups is 1. The molecule has 0 heterocycles. The molecule has 0 radical (unpaired) electrons. The number of rotatable bonds is 3. The van der Waals surface area contributed by atoms with E-state index >= 15 is 0 Å². The summed E-state index contributed by atoms with van der Waals surface area (Å²) < 4.78 is 0. The van der Waals surface area contributed by atoms with Gasteiger partial charge in [0.25, 0.3) is 5.91 Å². The van der Waals surface area contributed by atoms with E-state index in [9.17, 15) is 4.79 Å². The fourth-order valence-electron chi connectivity index (χ4n) is 1.69. The van der Waals surface area contributed by atoms with Crippen molar-refractivity contribution in [1.82, 2.24) is 0 Å². The molecule has 2 aromatic carbocycles. The minimum Gasteiger partial charge on any atom is -0.322 e. The van der Waals surface area contributed by atoms with Crippen LogP contribution < -0.4 is 5.32 Å².